The molecule has 0 aliphatic carbocycles. The fraction of sp³-hybridized carbons (Fsp3) is 0.533. The maximum Gasteiger partial charge on any atom is 0.251 e. The van der Waals surface area contributed by atoms with Crippen LogP contribution in [-0.2, 0) is 0 Å². The zero-order chi connectivity index (χ0) is 13.4. The summed E-state index contributed by atoms with van der Waals surface area (Å²) in [7, 11) is 1.62. The highest BCUT2D eigenvalue weighted by atomic mass is 16.5. The minimum atomic E-state index is 0.000561. The number of hydrogen-bond donors (Lipinski definition) is 1. The van der Waals surface area contributed by atoms with Crippen molar-refractivity contribution < 1.29 is 9.53 Å². The first-order valence-electron chi connectivity index (χ1n) is 6.66. The number of amides is 1. The van der Waals surface area contributed by atoms with Gasteiger partial charge < -0.3 is 10.1 Å². The largest absolute Gasteiger partial charge is 0.497 e. The molecular weight excluding hydrogens is 226 g/mol. The second-order valence-corrected chi connectivity index (χ2v) is 4.45. The van der Waals surface area contributed by atoms with Gasteiger partial charge in [0.25, 0.3) is 5.91 Å². The Balaban J connectivity index is 2.56. The summed E-state index contributed by atoms with van der Waals surface area (Å²) in [6, 6.07) is 7.48. The van der Waals surface area contributed by atoms with Crippen LogP contribution < -0.4 is 10.1 Å². The summed E-state index contributed by atoms with van der Waals surface area (Å²) in [4.78, 5) is 12.0. The molecule has 0 fully saturated rings. The molecule has 1 aromatic carbocycles. The Bertz CT molecular complexity index is 359. The van der Waals surface area contributed by atoms with Gasteiger partial charge in [0.05, 0.1) is 7.11 Å². The monoisotopic (exact) mass is 249 g/mol. The molecule has 1 amide bonds. The molecule has 3 heteroatoms. The molecule has 1 rings (SSSR count). The molecule has 1 aromatic rings. The van der Waals surface area contributed by atoms with E-state index in [9.17, 15) is 4.79 Å². The van der Waals surface area contributed by atoms with E-state index < -0.39 is 0 Å². The Hall–Kier alpha value is -1.51. The van der Waals surface area contributed by atoms with Crippen molar-refractivity contribution in [3.05, 3.63) is 29.8 Å². The first kappa shape index (κ1) is 14.6. The normalized spacial score (nSPS) is 11.9. The van der Waals surface area contributed by atoms with E-state index in [4.69, 9.17) is 4.74 Å². The van der Waals surface area contributed by atoms with Crippen LogP contribution in [0, 0.1) is 0 Å². The lowest BCUT2D eigenvalue weighted by Gasteiger charge is -2.16. The number of hydrogen-bond acceptors (Lipinski definition) is 2. The van der Waals surface area contributed by atoms with Gasteiger partial charge in [-0.15, -0.1) is 0 Å². The third-order valence-electron chi connectivity index (χ3n) is 3.09. The van der Waals surface area contributed by atoms with Gasteiger partial charge in [-0.05, 0) is 37.1 Å². The van der Waals surface area contributed by atoms with E-state index in [0.717, 1.165) is 31.4 Å². The number of benzene rings is 1. The average Bonchev–Trinajstić information content (AvgIpc) is 2.43. The standard InChI is InChI=1S/C15H23NO2/c1-4-6-7-13(5-2)16-15(17)12-8-10-14(18-3)11-9-12/h8-11,13H,4-7H2,1-3H3,(H,16,17). The van der Waals surface area contributed by atoms with Crippen molar-refractivity contribution in [3.8, 4) is 5.75 Å². The minimum absolute atomic E-state index is 0.000561. The summed E-state index contributed by atoms with van der Waals surface area (Å²) >= 11 is 0. The first-order valence-corrected chi connectivity index (χ1v) is 6.66. The van der Waals surface area contributed by atoms with Crippen molar-refractivity contribution in [1.29, 1.82) is 0 Å². The van der Waals surface area contributed by atoms with Gasteiger partial charge in [-0.25, -0.2) is 0 Å². The number of rotatable bonds is 7. The van der Waals surface area contributed by atoms with Crippen LogP contribution in [0.5, 0.6) is 5.75 Å². The summed E-state index contributed by atoms with van der Waals surface area (Å²) < 4.78 is 5.07. The highest BCUT2D eigenvalue weighted by molar-refractivity contribution is 5.94. The average molecular weight is 249 g/mol. The van der Waals surface area contributed by atoms with Crippen molar-refractivity contribution in [2.75, 3.05) is 7.11 Å². The van der Waals surface area contributed by atoms with Crippen molar-refractivity contribution in [2.45, 2.75) is 45.6 Å². The van der Waals surface area contributed by atoms with Gasteiger partial charge in [-0.2, -0.15) is 0 Å². The topological polar surface area (TPSA) is 38.3 Å². The molecule has 100 valence electrons. The molecule has 0 aromatic heterocycles. The number of methoxy groups -OCH3 is 1. The second kappa shape index (κ2) is 7.75. The highest BCUT2D eigenvalue weighted by Gasteiger charge is 2.11. The zero-order valence-electron chi connectivity index (χ0n) is 11.5. The molecule has 0 saturated carbocycles. The van der Waals surface area contributed by atoms with E-state index >= 15 is 0 Å². The van der Waals surface area contributed by atoms with Crippen LogP contribution in [0.4, 0.5) is 0 Å². The fourth-order valence-corrected chi connectivity index (χ4v) is 1.84. The Morgan fingerprint density at radius 3 is 2.44 bits per heavy atom. The van der Waals surface area contributed by atoms with Crippen molar-refractivity contribution in [1.82, 2.24) is 5.32 Å². The Morgan fingerprint density at radius 2 is 1.94 bits per heavy atom. The second-order valence-electron chi connectivity index (χ2n) is 4.45. The molecule has 3 nitrogen and oxygen atoms in total. The van der Waals surface area contributed by atoms with Crippen LogP contribution >= 0.6 is 0 Å². The van der Waals surface area contributed by atoms with Crippen LogP contribution in [0.2, 0.25) is 0 Å². The molecule has 0 bridgehead atoms. The van der Waals surface area contributed by atoms with Gasteiger partial charge in [-0.1, -0.05) is 26.7 Å². The van der Waals surface area contributed by atoms with Crippen LogP contribution in [0.25, 0.3) is 0 Å². The number of carbonyl (C=O) groups is 1. The molecule has 0 aliphatic rings. The maximum atomic E-state index is 12.0. The van der Waals surface area contributed by atoms with Crippen molar-refractivity contribution >= 4 is 5.91 Å². The van der Waals surface area contributed by atoms with Crippen molar-refractivity contribution in [3.63, 3.8) is 0 Å². The van der Waals surface area contributed by atoms with Crippen LogP contribution in [0.15, 0.2) is 24.3 Å². The lowest BCUT2D eigenvalue weighted by Crippen LogP contribution is -2.34. The molecule has 0 heterocycles. The Kier molecular flexibility index (Phi) is 6.26. The lowest BCUT2D eigenvalue weighted by atomic mass is 10.1. The molecule has 0 spiro atoms. The predicted molar refractivity (Wildman–Crippen MR) is 74.1 cm³/mol. The molecule has 0 aliphatic heterocycles. The SMILES string of the molecule is CCCCC(CC)NC(=O)c1ccc(OC)cc1. The molecule has 1 N–H and O–H groups in total. The quantitative estimate of drug-likeness (QED) is 0.804. The smallest absolute Gasteiger partial charge is 0.251 e. The van der Waals surface area contributed by atoms with Crippen LogP contribution in [-0.4, -0.2) is 19.1 Å². The van der Waals surface area contributed by atoms with Gasteiger partial charge in [0.1, 0.15) is 5.75 Å². The summed E-state index contributed by atoms with van der Waals surface area (Å²) in [6.45, 7) is 4.27. The molecule has 1 atom stereocenters. The predicted octanol–water partition coefficient (Wildman–Crippen LogP) is 3.39. The van der Waals surface area contributed by atoms with E-state index in [0.29, 0.717) is 5.56 Å². The summed E-state index contributed by atoms with van der Waals surface area (Å²) in [5.74, 6) is 0.769. The van der Waals surface area contributed by atoms with Crippen molar-refractivity contribution in [2.24, 2.45) is 0 Å². The molecule has 18 heavy (non-hydrogen) atoms. The van der Waals surface area contributed by atoms with Crippen LogP contribution in [0.3, 0.4) is 0 Å². The fourth-order valence-electron chi connectivity index (χ4n) is 1.84. The van der Waals surface area contributed by atoms with E-state index in [1.807, 2.05) is 12.1 Å². The third kappa shape index (κ3) is 4.40. The molecule has 0 radical (unpaired) electrons. The van der Waals surface area contributed by atoms with Crippen LogP contribution in [0.1, 0.15) is 49.9 Å². The lowest BCUT2D eigenvalue weighted by molar-refractivity contribution is 0.0933. The minimum Gasteiger partial charge on any atom is -0.497 e. The third-order valence-corrected chi connectivity index (χ3v) is 3.09. The number of nitrogens with one attached hydrogen (secondary N) is 1. The van der Waals surface area contributed by atoms with Gasteiger partial charge >= 0.3 is 0 Å². The van der Waals surface area contributed by atoms with E-state index in [-0.39, 0.29) is 11.9 Å². The Labute approximate surface area is 110 Å². The zero-order valence-corrected chi connectivity index (χ0v) is 11.5. The van der Waals surface area contributed by atoms with E-state index in [1.54, 1.807) is 19.2 Å². The first-order chi connectivity index (χ1) is 8.71. The van der Waals surface area contributed by atoms with Gasteiger partial charge in [-0.3, -0.25) is 4.79 Å². The summed E-state index contributed by atoms with van der Waals surface area (Å²) in [6.07, 6.45) is 4.34. The van der Waals surface area contributed by atoms with E-state index in [1.165, 1.54) is 0 Å². The highest BCUT2D eigenvalue weighted by Crippen LogP contribution is 2.12. The summed E-state index contributed by atoms with van der Waals surface area (Å²) in [5.41, 5.74) is 0.686. The Morgan fingerprint density at radius 1 is 1.28 bits per heavy atom. The molecular formula is C15H23NO2. The maximum absolute atomic E-state index is 12.0. The van der Waals surface area contributed by atoms with Gasteiger partial charge in [0.15, 0.2) is 0 Å². The number of ether oxygens (including phenoxy) is 1. The van der Waals surface area contributed by atoms with Gasteiger partial charge in [0.2, 0.25) is 0 Å². The number of carbonyl (C=O) groups excluding carboxylic acids is 1. The number of unbranched alkanes of at least 4 members (excludes halogenated alkanes) is 1. The summed E-state index contributed by atoms with van der Waals surface area (Å²) in [5, 5.41) is 3.08. The van der Waals surface area contributed by atoms with E-state index in [2.05, 4.69) is 19.2 Å². The van der Waals surface area contributed by atoms with Gasteiger partial charge in [0, 0.05) is 11.6 Å². The molecule has 0 saturated heterocycles. The molecule has 1 unspecified atom stereocenters.